The molecule has 0 unspecified atom stereocenters. The van der Waals surface area contributed by atoms with E-state index in [1.807, 2.05) is 75.1 Å². The molecule has 84 heavy (non-hydrogen) atoms. The fourth-order valence-electron chi connectivity index (χ4n) is 13.5. The maximum atomic E-state index is 14.7. The number of aliphatic hydroxyl groups is 4. The predicted molar refractivity (Wildman–Crippen MR) is 320 cm³/mol. The number of fused-ring (bicyclic) bond motifs is 2. The van der Waals surface area contributed by atoms with Crippen LogP contribution in [0, 0.1) is 29.6 Å². The number of nitrogens with zero attached hydrogens (tertiary/aromatic N) is 4. The molecule has 6 heterocycles. The van der Waals surface area contributed by atoms with Crippen LogP contribution in [-0.2, 0) is 54.0 Å². The van der Waals surface area contributed by atoms with E-state index in [2.05, 4.69) is 22.7 Å². The van der Waals surface area contributed by atoms with Crippen molar-refractivity contribution in [1.82, 2.24) is 30.5 Å². The number of hydrogen-bond acceptors (Lipinski definition) is 20. The molecule has 0 saturated carbocycles. The number of aromatic nitrogens is 1. The Kier molecular flexibility index (Phi) is 24.9. The highest BCUT2D eigenvalue weighted by Gasteiger charge is 2.61. The maximum Gasteiger partial charge on any atom is 0.425 e. The van der Waals surface area contributed by atoms with E-state index < -0.39 is 125 Å². The zero-order valence-electron chi connectivity index (χ0n) is 51.9. The van der Waals surface area contributed by atoms with Gasteiger partial charge in [0.05, 0.1) is 40.8 Å². The van der Waals surface area contributed by atoms with Gasteiger partial charge in [0.1, 0.15) is 59.8 Å². The van der Waals surface area contributed by atoms with Gasteiger partial charge in [-0.15, -0.1) is 23.4 Å². The molecule has 2 amide bonds. The van der Waals surface area contributed by atoms with E-state index in [4.69, 9.17) is 40.0 Å². The number of hydrogen-bond donors (Lipinski definition) is 6. The average Bonchev–Trinajstić information content (AvgIpc) is 1.80. The Labute approximate surface area is 506 Å². The van der Waals surface area contributed by atoms with Crippen molar-refractivity contribution in [2.45, 2.75) is 222 Å². The van der Waals surface area contributed by atoms with Gasteiger partial charge in [0, 0.05) is 55.6 Å². The summed E-state index contributed by atoms with van der Waals surface area (Å²) in [6.45, 7) is 19.0. The van der Waals surface area contributed by atoms with Gasteiger partial charge in [-0.1, -0.05) is 59.2 Å². The van der Waals surface area contributed by atoms with Crippen molar-refractivity contribution >= 4 is 63.8 Å². The monoisotopic (exact) mass is 1220 g/mol. The van der Waals surface area contributed by atoms with E-state index in [1.54, 1.807) is 54.0 Å². The molecule has 21 nitrogen and oxygen atoms in total. The first-order chi connectivity index (χ1) is 39.6. The lowest BCUT2D eigenvalue weighted by Gasteiger charge is -2.47. The summed E-state index contributed by atoms with van der Waals surface area (Å²) in [6, 6.07) is 7.83. The number of benzene rings is 1. The van der Waals surface area contributed by atoms with E-state index in [1.165, 1.54) is 30.8 Å². The number of para-hydroxylation sites is 1. The number of rotatable bonds is 17. The molecule has 474 valence electrons. The minimum absolute atomic E-state index is 0.117. The van der Waals surface area contributed by atoms with E-state index in [9.17, 15) is 44.4 Å². The number of esters is 1. The van der Waals surface area contributed by atoms with Gasteiger partial charge in [0.25, 0.3) is 0 Å². The molecule has 0 bridgehead atoms. The molecule has 7 rings (SSSR count). The summed E-state index contributed by atoms with van der Waals surface area (Å²) in [7, 11) is 7.17. The van der Waals surface area contributed by atoms with Crippen molar-refractivity contribution in [2.24, 2.45) is 29.6 Å². The summed E-state index contributed by atoms with van der Waals surface area (Å²) < 4.78 is 36.9. The third-order valence-electron chi connectivity index (χ3n) is 18.3. The van der Waals surface area contributed by atoms with Crippen LogP contribution >= 0.6 is 23.4 Å². The van der Waals surface area contributed by atoms with Crippen LogP contribution in [0.25, 0.3) is 10.9 Å². The third kappa shape index (κ3) is 15.4. The lowest BCUT2D eigenvalue weighted by Crippen LogP contribution is -2.65. The van der Waals surface area contributed by atoms with Gasteiger partial charge < -0.3 is 59.1 Å². The molecule has 0 aliphatic carbocycles. The number of Topliss-reactive ketones (excluding diaryl/α,β-unsaturated/α-hetero) is 2. The van der Waals surface area contributed by atoms with Crippen LogP contribution in [-0.4, -0.2) is 219 Å². The molecule has 1 aromatic heterocycles. The Morgan fingerprint density at radius 1 is 0.952 bits per heavy atom. The number of halogens is 1. The van der Waals surface area contributed by atoms with Crippen LogP contribution in [0.1, 0.15) is 120 Å². The van der Waals surface area contributed by atoms with Crippen molar-refractivity contribution < 1.29 is 72.8 Å². The number of cyclic esters (lactones) is 1. The highest BCUT2D eigenvalue weighted by molar-refractivity contribution is 7.99. The van der Waals surface area contributed by atoms with Crippen molar-refractivity contribution in [3.05, 3.63) is 42.1 Å². The molecular formula is C61H97ClN6O15S. The topological polar surface area (TPSA) is 268 Å². The summed E-state index contributed by atoms with van der Waals surface area (Å²) >= 11 is 7.55. The molecular weight excluding hydrogens is 1120 g/mol. The number of carbonyl (C=O) groups excluding carboxylic acids is 5. The second-order valence-corrected chi connectivity index (χ2v) is 26.4. The van der Waals surface area contributed by atoms with E-state index in [0.29, 0.717) is 31.7 Å². The first-order valence-corrected chi connectivity index (χ1v) is 31.8. The van der Waals surface area contributed by atoms with Crippen LogP contribution in [0.15, 0.2) is 36.5 Å². The SMILES string of the molecule is CCC[C@@H]1C[C@@H](C(=O)N[C@@H]([C@H]2O[C@H](SC)[C@H](O)[C@@H](O)[C@H]2O)[C@H](C)Cl)N(C)C1.CC[C@H]1OC(=O)[C@H](C)C(=O)[C@H](C)[C@@H](O[C@@H]2O[C@H](C)C[C@H](N(C)C)[C@H]2O)[C@](C)(OC)C[C@@H](C)C(=O)[C@H](C)[C@H]2N(NCCCc3ccnc4ccccc34)C(=O)O[C@]12C. The molecule has 1 aromatic carbocycles. The number of ether oxygens (including phenoxy) is 6. The summed E-state index contributed by atoms with van der Waals surface area (Å²) in [5, 5.41) is 46.9. The second-order valence-electron chi connectivity index (χ2n) is 24.8. The van der Waals surface area contributed by atoms with Gasteiger partial charge >= 0.3 is 12.1 Å². The lowest BCUT2D eigenvalue weighted by molar-refractivity contribution is -0.295. The normalized spacial score (nSPS) is 38.1. The Hall–Kier alpha value is -3.62. The molecule has 6 N–H and O–H groups in total. The summed E-state index contributed by atoms with van der Waals surface area (Å²) in [4.78, 5) is 78.1. The highest BCUT2D eigenvalue weighted by Crippen LogP contribution is 2.43. The molecule has 5 aliphatic rings. The molecule has 22 atom stereocenters. The predicted octanol–water partition coefficient (Wildman–Crippen LogP) is 5.27. The number of nitrogens with one attached hydrogen (secondary N) is 2. The van der Waals surface area contributed by atoms with Gasteiger partial charge in [-0.05, 0) is 131 Å². The summed E-state index contributed by atoms with van der Waals surface area (Å²) in [5.74, 6) is -4.73. The van der Waals surface area contributed by atoms with E-state index in [-0.39, 0.29) is 42.7 Å². The number of thioether (sulfide) groups is 1. The minimum Gasteiger partial charge on any atom is -0.458 e. The molecule has 5 fully saturated rings. The fraction of sp³-hybridized carbons (Fsp3) is 0.770. The molecule has 5 aliphatic heterocycles. The maximum absolute atomic E-state index is 14.7. The Balaban J connectivity index is 0.000000350. The molecule has 2 aromatic rings. The second kappa shape index (κ2) is 30.1. The standard InChI is InChI=1S/C43H64N4O10.C18H33ClN2O5S/c1-12-33-43(8)37(47(41(52)57-43)45-20-15-16-29-19-21-44-31-18-14-13-17-30(29)31)26(4)34(48)24(2)23-42(7,53-11)38(27(5)35(49)28(6)39(51)55-33)56-40-36(50)32(46(9)10)22-25(3)54-40;1-5-6-10-7-11(21(3)8-10)17(25)20-12(9(2)19)16-14(23)13(22)15(24)18(26-16)27-4/h13-14,17-19,21,24-28,32-33,36-38,40,45,50H,12,15-16,20,22-23H2,1-11H3;9-16,18,22-24H,5-8H2,1-4H3,(H,20,25)/t24-,25-,26+,27+,28-,32+,33-,36-,37-,38-,40+,42-,43-;9-,10+,11-,12+,13-,14+,15+,16+,18+/m10/s1. The van der Waals surface area contributed by atoms with Crippen molar-refractivity contribution in [3.8, 4) is 0 Å². The van der Waals surface area contributed by atoms with Crippen LogP contribution < -0.4 is 10.7 Å². The number of alkyl halides is 1. The Morgan fingerprint density at radius 2 is 1.64 bits per heavy atom. The average molecular weight is 1220 g/mol. The van der Waals surface area contributed by atoms with Crippen LogP contribution in [0.3, 0.4) is 0 Å². The van der Waals surface area contributed by atoms with Gasteiger partial charge in [0.15, 0.2) is 17.7 Å². The summed E-state index contributed by atoms with van der Waals surface area (Å²) in [5.41, 5.74) is 1.87. The van der Waals surface area contributed by atoms with Crippen molar-refractivity contribution in [1.29, 1.82) is 0 Å². The van der Waals surface area contributed by atoms with E-state index >= 15 is 0 Å². The zero-order valence-corrected chi connectivity index (χ0v) is 53.5. The Bertz CT molecular complexity index is 2530. The van der Waals surface area contributed by atoms with Crippen molar-refractivity contribution in [3.63, 3.8) is 0 Å². The number of likely N-dealkylation sites (tertiary alicyclic amines) is 1. The number of likely N-dealkylation sites (N-methyl/N-ethyl adjacent to an activating group) is 2. The van der Waals surface area contributed by atoms with Crippen LogP contribution in [0.4, 0.5) is 4.79 Å². The first-order valence-electron chi connectivity index (χ1n) is 30.0. The number of pyridine rings is 1. The number of hydrazine groups is 1. The van der Waals surface area contributed by atoms with Gasteiger partial charge in [-0.3, -0.25) is 29.1 Å². The molecule has 0 spiro atoms. The van der Waals surface area contributed by atoms with Gasteiger partial charge in [0.2, 0.25) is 5.91 Å². The Morgan fingerprint density at radius 3 is 2.27 bits per heavy atom. The van der Waals surface area contributed by atoms with Gasteiger partial charge in [-0.25, -0.2) is 15.2 Å². The lowest BCUT2D eigenvalue weighted by atomic mass is 9.73. The largest absolute Gasteiger partial charge is 0.458 e. The summed E-state index contributed by atoms with van der Waals surface area (Å²) in [6.07, 6.45) is -1.17. The first kappa shape index (κ1) is 69.5. The minimum atomic E-state index is -1.45. The third-order valence-corrected chi connectivity index (χ3v) is 19.5. The van der Waals surface area contributed by atoms with Crippen LogP contribution in [0.2, 0.25) is 0 Å². The van der Waals surface area contributed by atoms with Crippen molar-refractivity contribution in [2.75, 3.05) is 47.6 Å². The van der Waals surface area contributed by atoms with Gasteiger partial charge in [-0.2, -0.15) is 0 Å². The fourth-order valence-corrected chi connectivity index (χ4v) is 14.4. The number of aliphatic hydroxyl groups excluding tert-OH is 4. The highest BCUT2D eigenvalue weighted by atomic mass is 35.5. The van der Waals surface area contributed by atoms with Crippen LogP contribution in [0.5, 0.6) is 0 Å². The van der Waals surface area contributed by atoms with E-state index in [0.717, 1.165) is 42.3 Å². The molecule has 23 heteroatoms. The molecule has 5 saturated heterocycles. The number of ketones is 2. The smallest absolute Gasteiger partial charge is 0.425 e. The number of carbonyl (C=O) groups is 5. The number of methoxy groups -OCH3 is 1. The quantitative estimate of drug-likeness (QED) is 0.0510. The number of amides is 2. The zero-order chi connectivity index (χ0) is 62.3. The molecule has 0 radical (unpaired) electrons. The number of aryl methyl sites for hydroxylation is 1.